The standard InChI is InChI=1S/C12H15ClN2O5S/c13-9-3-1-7(21-9)5-6-14-12(20)15-8(11(18)19)2-4-10(16)17/h1,3,8H,2,4-6H2,(H,16,17)(H,18,19)(H2,14,15,20)/t8-/m0/s1. The van der Waals surface area contributed by atoms with Gasteiger partial charge in [-0.25, -0.2) is 9.59 Å². The van der Waals surface area contributed by atoms with E-state index in [1.54, 1.807) is 6.07 Å². The summed E-state index contributed by atoms with van der Waals surface area (Å²) in [6.45, 7) is 0.327. The van der Waals surface area contributed by atoms with Crippen LogP contribution >= 0.6 is 22.9 Å². The molecule has 1 aromatic rings. The molecule has 1 aromatic heterocycles. The number of rotatable bonds is 8. The van der Waals surface area contributed by atoms with Crippen LogP contribution in [-0.2, 0) is 16.0 Å². The number of amides is 2. The highest BCUT2D eigenvalue weighted by Crippen LogP contribution is 2.21. The normalized spacial score (nSPS) is 11.7. The molecule has 0 aliphatic carbocycles. The summed E-state index contributed by atoms with van der Waals surface area (Å²) in [6.07, 6.45) is 0.0846. The summed E-state index contributed by atoms with van der Waals surface area (Å²) in [5, 5.41) is 22.2. The maximum Gasteiger partial charge on any atom is 0.326 e. The summed E-state index contributed by atoms with van der Waals surface area (Å²) in [7, 11) is 0. The Bertz CT molecular complexity index is 520. The summed E-state index contributed by atoms with van der Waals surface area (Å²) in [4.78, 5) is 33.9. The number of hydrogen-bond donors (Lipinski definition) is 4. The minimum atomic E-state index is -1.27. The van der Waals surface area contributed by atoms with Crippen LogP contribution in [0.1, 0.15) is 17.7 Å². The van der Waals surface area contributed by atoms with E-state index in [-0.39, 0.29) is 12.8 Å². The van der Waals surface area contributed by atoms with Gasteiger partial charge in [-0.3, -0.25) is 4.79 Å². The van der Waals surface area contributed by atoms with Gasteiger partial charge in [0.25, 0.3) is 0 Å². The Hall–Kier alpha value is -1.80. The Morgan fingerprint density at radius 3 is 2.52 bits per heavy atom. The Balaban J connectivity index is 2.32. The van der Waals surface area contributed by atoms with Crippen molar-refractivity contribution in [1.82, 2.24) is 10.6 Å². The molecule has 9 heteroatoms. The molecular formula is C12H15ClN2O5S. The molecule has 0 saturated heterocycles. The second-order valence-electron chi connectivity index (χ2n) is 4.18. The number of halogens is 1. The van der Waals surface area contributed by atoms with E-state index >= 15 is 0 Å². The van der Waals surface area contributed by atoms with Crippen LogP contribution in [0.4, 0.5) is 4.79 Å². The number of urea groups is 1. The molecule has 0 bridgehead atoms. The molecule has 1 rings (SSSR count). The van der Waals surface area contributed by atoms with Crippen LogP contribution in [0.2, 0.25) is 4.34 Å². The van der Waals surface area contributed by atoms with Crippen LogP contribution in [-0.4, -0.2) is 40.8 Å². The van der Waals surface area contributed by atoms with Gasteiger partial charge in [0.2, 0.25) is 0 Å². The molecule has 0 aromatic carbocycles. The molecule has 0 unspecified atom stereocenters. The predicted octanol–water partition coefficient (Wildman–Crippen LogP) is 1.56. The zero-order valence-corrected chi connectivity index (χ0v) is 12.5. The van der Waals surface area contributed by atoms with Crippen molar-refractivity contribution in [2.45, 2.75) is 25.3 Å². The largest absolute Gasteiger partial charge is 0.481 e. The van der Waals surface area contributed by atoms with Crippen LogP contribution in [0.25, 0.3) is 0 Å². The summed E-state index contributed by atoms with van der Waals surface area (Å²) in [5.74, 6) is -2.38. The molecule has 1 atom stereocenters. The predicted molar refractivity (Wildman–Crippen MR) is 77.9 cm³/mol. The van der Waals surface area contributed by atoms with E-state index in [0.29, 0.717) is 17.3 Å². The van der Waals surface area contributed by atoms with Gasteiger partial charge in [-0.15, -0.1) is 11.3 Å². The topological polar surface area (TPSA) is 116 Å². The van der Waals surface area contributed by atoms with Crippen LogP contribution in [0, 0.1) is 0 Å². The Kier molecular flexibility index (Phi) is 6.97. The number of carbonyl (C=O) groups is 3. The Morgan fingerprint density at radius 1 is 1.29 bits per heavy atom. The first kappa shape index (κ1) is 17.3. The number of hydrogen-bond acceptors (Lipinski definition) is 4. The molecule has 21 heavy (non-hydrogen) atoms. The van der Waals surface area contributed by atoms with Gasteiger partial charge in [-0.05, 0) is 25.0 Å². The molecule has 0 spiro atoms. The van der Waals surface area contributed by atoms with E-state index in [1.807, 2.05) is 6.07 Å². The van der Waals surface area contributed by atoms with Crippen molar-refractivity contribution in [2.75, 3.05) is 6.54 Å². The van der Waals surface area contributed by atoms with Gasteiger partial charge in [-0.1, -0.05) is 11.6 Å². The molecular weight excluding hydrogens is 320 g/mol. The molecule has 0 fully saturated rings. The quantitative estimate of drug-likeness (QED) is 0.576. The molecule has 0 aliphatic heterocycles. The van der Waals surface area contributed by atoms with Crippen LogP contribution in [0.3, 0.4) is 0 Å². The van der Waals surface area contributed by atoms with Crippen molar-refractivity contribution in [2.24, 2.45) is 0 Å². The Morgan fingerprint density at radius 2 is 2.00 bits per heavy atom. The second kappa shape index (κ2) is 8.48. The van der Waals surface area contributed by atoms with Crippen molar-refractivity contribution in [3.8, 4) is 0 Å². The average Bonchev–Trinajstić information content (AvgIpc) is 2.79. The fourth-order valence-corrected chi connectivity index (χ4v) is 2.61. The zero-order valence-electron chi connectivity index (χ0n) is 11.0. The number of carbonyl (C=O) groups excluding carboxylic acids is 1. The lowest BCUT2D eigenvalue weighted by atomic mass is 10.1. The maximum atomic E-state index is 11.5. The SMILES string of the molecule is O=C(O)CC[C@H](NC(=O)NCCc1ccc(Cl)s1)C(=O)O. The molecule has 1 heterocycles. The zero-order chi connectivity index (χ0) is 15.8. The first-order valence-electron chi connectivity index (χ1n) is 6.11. The van der Waals surface area contributed by atoms with Gasteiger partial charge in [0.05, 0.1) is 4.34 Å². The van der Waals surface area contributed by atoms with Crippen molar-refractivity contribution < 1.29 is 24.6 Å². The number of carboxylic acid groups (broad SMARTS) is 2. The van der Waals surface area contributed by atoms with Crippen molar-refractivity contribution >= 4 is 40.9 Å². The van der Waals surface area contributed by atoms with Gasteiger partial charge in [0, 0.05) is 17.8 Å². The van der Waals surface area contributed by atoms with Crippen molar-refractivity contribution in [3.05, 3.63) is 21.3 Å². The molecule has 116 valence electrons. The highest BCUT2D eigenvalue weighted by Gasteiger charge is 2.20. The fraction of sp³-hybridized carbons (Fsp3) is 0.417. The average molecular weight is 335 g/mol. The van der Waals surface area contributed by atoms with Crippen molar-refractivity contribution in [1.29, 1.82) is 0 Å². The molecule has 4 N–H and O–H groups in total. The lowest BCUT2D eigenvalue weighted by molar-refractivity contribution is -0.140. The second-order valence-corrected chi connectivity index (χ2v) is 5.98. The third kappa shape index (κ3) is 6.96. The lowest BCUT2D eigenvalue weighted by Gasteiger charge is -2.14. The van der Waals surface area contributed by atoms with E-state index in [2.05, 4.69) is 10.6 Å². The molecule has 7 nitrogen and oxygen atoms in total. The number of carboxylic acids is 2. The van der Waals surface area contributed by atoms with Crippen LogP contribution in [0.15, 0.2) is 12.1 Å². The van der Waals surface area contributed by atoms with E-state index in [1.165, 1.54) is 11.3 Å². The molecule has 0 radical (unpaired) electrons. The maximum absolute atomic E-state index is 11.5. The van der Waals surface area contributed by atoms with Gasteiger partial charge in [0.1, 0.15) is 6.04 Å². The third-order valence-corrected chi connectivity index (χ3v) is 3.83. The minimum absolute atomic E-state index is 0.168. The van der Waals surface area contributed by atoms with E-state index in [9.17, 15) is 14.4 Å². The fourth-order valence-electron chi connectivity index (χ4n) is 1.52. The van der Waals surface area contributed by atoms with Crippen molar-refractivity contribution in [3.63, 3.8) is 0 Å². The molecule has 2 amide bonds. The highest BCUT2D eigenvalue weighted by atomic mass is 35.5. The number of thiophene rings is 1. The van der Waals surface area contributed by atoms with Crippen LogP contribution < -0.4 is 10.6 Å². The first-order valence-corrected chi connectivity index (χ1v) is 7.31. The summed E-state index contributed by atoms with van der Waals surface area (Å²) >= 11 is 7.18. The van der Waals surface area contributed by atoms with Crippen LogP contribution in [0.5, 0.6) is 0 Å². The molecule has 0 aliphatic rings. The Labute approximate surface area is 129 Å². The summed E-state index contributed by atoms with van der Waals surface area (Å²) in [5.41, 5.74) is 0. The summed E-state index contributed by atoms with van der Waals surface area (Å²) < 4.78 is 0.661. The van der Waals surface area contributed by atoms with E-state index in [0.717, 1.165) is 4.88 Å². The van der Waals surface area contributed by atoms with E-state index < -0.39 is 24.0 Å². The van der Waals surface area contributed by atoms with Gasteiger partial charge >= 0.3 is 18.0 Å². The number of nitrogens with one attached hydrogen (secondary N) is 2. The lowest BCUT2D eigenvalue weighted by Crippen LogP contribution is -2.46. The third-order valence-electron chi connectivity index (χ3n) is 2.54. The monoisotopic (exact) mass is 334 g/mol. The smallest absolute Gasteiger partial charge is 0.326 e. The number of aliphatic carboxylic acids is 2. The highest BCUT2D eigenvalue weighted by molar-refractivity contribution is 7.16. The van der Waals surface area contributed by atoms with Gasteiger partial charge in [0.15, 0.2) is 0 Å². The first-order chi connectivity index (χ1) is 9.88. The molecule has 0 saturated carbocycles. The van der Waals surface area contributed by atoms with E-state index in [4.69, 9.17) is 21.8 Å². The van der Waals surface area contributed by atoms with Gasteiger partial charge < -0.3 is 20.8 Å². The minimum Gasteiger partial charge on any atom is -0.481 e. The summed E-state index contributed by atoms with van der Waals surface area (Å²) in [6, 6.07) is 1.74. The van der Waals surface area contributed by atoms with Gasteiger partial charge in [-0.2, -0.15) is 0 Å².